The summed E-state index contributed by atoms with van der Waals surface area (Å²) in [5, 5.41) is 9.26. The number of carboxylic acid groups (broad SMARTS) is 1. The van der Waals surface area contributed by atoms with E-state index in [0.29, 0.717) is 11.4 Å². The SMILES string of the molecule is CCCC1SCC(C(=O)O)N1C(=O)c1cc(Br)cn1C. The summed E-state index contributed by atoms with van der Waals surface area (Å²) in [6.45, 7) is 2.04. The Morgan fingerprint density at radius 1 is 1.55 bits per heavy atom. The van der Waals surface area contributed by atoms with Crippen molar-refractivity contribution in [1.82, 2.24) is 9.47 Å². The molecule has 0 radical (unpaired) electrons. The molecule has 5 nitrogen and oxygen atoms in total. The molecule has 2 rings (SSSR count). The zero-order valence-electron chi connectivity index (χ0n) is 11.4. The fourth-order valence-corrected chi connectivity index (χ4v) is 4.40. The number of amides is 1. The van der Waals surface area contributed by atoms with Crippen molar-refractivity contribution in [2.75, 3.05) is 5.75 Å². The van der Waals surface area contributed by atoms with Gasteiger partial charge in [0.1, 0.15) is 11.7 Å². The number of thioether (sulfide) groups is 1. The highest BCUT2D eigenvalue weighted by Crippen LogP contribution is 2.34. The first-order valence-corrected chi connectivity index (χ1v) is 8.28. The Kier molecular flexibility index (Phi) is 4.80. The maximum Gasteiger partial charge on any atom is 0.327 e. The second-order valence-electron chi connectivity index (χ2n) is 4.80. The second-order valence-corrected chi connectivity index (χ2v) is 6.92. The molecule has 1 amide bonds. The number of rotatable bonds is 4. The van der Waals surface area contributed by atoms with E-state index in [1.807, 2.05) is 6.92 Å². The van der Waals surface area contributed by atoms with Crippen LogP contribution in [-0.2, 0) is 11.8 Å². The molecule has 0 aromatic carbocycles. The van der Waals surface area contributed by atoms with E-state index < -0.39 is 12.0 Å². The Labute approximate surface area is 130 Å². The molecule has 1 aliphatic rings. The third kappa shape index (κ3) is 2.88. The van der Waals surface area contributed by atoms with Crippen LogP contribution in [0.15, 0.2) is 16.7 Å². The quantitative estimate of drug-likeness (QED) is 0.895. The molecule has 2 atom stereocenters. The molecular weight excluding hydrogens is 344 g/mol. The molecule has 0 spiro atoms. The molecular formula is C13H17BrN2O3S. The highest BCUT2D eigenvalue weighted by molar-refractivity contribution is 9.10. The first-order valence-electron chi connectivity index (χ1n) is 6.44. The van der Waals surface area contributed by atoms with E-state index in [1.54, 1.807) is 35.6 Å². The van der Waals surface area contributed by atoms with Crippen molar-refractivity contribution in [3.63, 3.8) is 0 Å². The number of aryl methyl sites for hydroxylation is 1. The van der Waals surface area contributed by atoms with E-state index in [9.17, 15) is 14.7 Å². The first kappa shape index (κ1) is 15.4. The van der Waals surface area contributed by atoms with Gasteiger partial charge in [0.2, 0.25) is 0 Å². The monoisotopic (exact) mass is 360 g/mol. The molecule has 0 bridgehead atoms. The number of carboxylic acids is 1. The smallest absolute Gasteiger partial charge is 0.327 e. The van der Waals surface area contributed by atoms with Crippen molar-refractivity contribution in [3.05, 3.63) is 22.4 Å². The molecule has 1 aromatic rings. The average molecular weight is 361 g/mol. The molecule has 0 aliphatic carbocycles. The van der Waals surface area contributed by atoms with Gasteiger partial charge in [0.25, 0.3) is 5.91 Å². The van der Waals surface area contributed by atoms with Gasteiger partial charge in [-0.2, -0.15) is 0 Å². The Bertz CT molecular complexity index is 532. The van der Waals surface area contributed by atoms with E-state index >= 15 is 0 Å². The molecule has 1 saturated heterocycles. The lowest BCUT2D eigenvalue weighted by molar-refractivity contribution is -0.141. The topological polar surface area (TPSA) is 62.5 Å². The zero-order chi connectivity index (χ0) is 14.9. The number of halogens is 1. The highest BCUT2D eigenvalue weighted by atomic mass is 79.9. The van der Waals surface area contributed by atoms with E-state index in [-0.39, 0.29) is 11.3 Å². The summed E-state index contributed by atoms with van der Waals surface area (Å²) in [7, 11) is 1.78. The van der Waals surface area contributed by atoms with E-state index in [2.05, 4.69) is 15.9 Å². The predicted molar refractivity (Wildman–Crippen MR) is 81.9 cm³/mol. The minimum Gasteiger partial charge on any atom is -0.480 e. The number of carbonyl (C=O) groups is 2. The maximum absolute atomic E-state index is 12.7. The molecule has 2 unspecified atom stereocenters. The Balaban J connectivity index is 2.31. The van der Waals surface area contributed by atoms with E-state index in [4.69, 9.17) is 0 Å². The predicted octanol–water partition coefficient (Wildman–Crippen LogP) is 2.56. The summed E-state index contributed by atoms with van der Waals surface area (Å²) in [6.07, 6.45) is 3.53. The maximum atomic E-state index is 12.7. The summed E-state index contributed by atoms with van der Waals surface area (Å²) < 4.78 is 2.53. The molecule has 110 valence electrons. The summed E-state index contributed by atoms with van der Waals surface area (Å²) >= 11 is 4.89. The van der Waals surface area contributed by atoms with Gasteiger partial charge in [-0.05, 0) is 28.4 Å². The van der Waals surface area contributed by atoms with Crippen LogP contribution in [0, 0.1) is 0 Å². The highest BCUT2D eigenvalue weighted by Gasteiger charge is 2.42. The van der Waals surface area contributed by atoms with Crippen molar-refractivity contribution in [1.29, 1.82) is 0 Å². The molecule has 7 heteroatoms. The van der Waals surface area contributed by atoms with Gasteiger partial charge in [-0.1, -0.05) is 13.3 Å². The van der Waals surface area contributed by atoms with Gasteiger partial charge < -0.3 is 14.6 Å². The summed E-state index contributed by atoms with van der Waals surface area (Å²) in [5.41, 5.74) is 0.506. The minimum atomic E-state index is -0.933. The number of carbonyl (C=O) groups excluding carboxylic acids is 1. The van der Waals surface area contributed by atoms with Crippen LogP contribution in [0.1, 0.15) is 30.3 Å². The van der Waals surface area contributed by atoms with Gasteiger partial charge in [0, 0.05) is 23.5 Å². The number of hydrogen-bond donors (Lipinski definition) is 1. The standard InChI is InChI=1S/C13H17BrN2O3S/c1-3-4-11-16(10(7-20-11)13(18)19)12(17)9-5-8(14)6-15(9)2/h5-6,10-11H,3-4,7H2,1-2H3,(H,18,19). The zero-order valence-corrected chi connectivity index (χ0v) is 13.8. The Hall–Kier alpha value is -0.950. The fraction of sp³-hybridized carbons (Fsp3) is 0.538. The first-order chi connectivity index (χ1) is 9.45. The van der Waals surface area contributed by atoms with Crippen LogP contribution in [-0.4, -0.2) is 43.6 Å². The lowest BCUT2D eigenvalue weighted by Gasteiger charge is -2.27. The van der Waals surface area contributed by atoms with Crippen molar-refractivity contribution >= 4 is 39.6 Å². The molecule has 0 saturated carbocycles. The van der Waals surface area contributed by atoms with Gasteiger partial charge in [-0.15, -0.1) is 11.8 Å². The molecule has 2 heterocycles. The van der Waals surface area contributed by atoms with Crippen LogP contribution >= 0.6 is 27.7 Å². The minimum absolute atomic E-state index is 0.0534. The lowest BCUT2D eigenvalue weighted by Crippen LogP contribution is -2.46. The van der Waals surface area contributed by atoms with Gasteiger partial charge in [0.15, 0.2) is 0 Å². The van der Waals surface area contributed by atoms with Crippen LogP contribution in [0.5, 0.6) is 0 Å². The number of aromatic nitrogens is 1. The van der Waals surface area contributed by atoms with E-state index in [0.717, 1.165) is 17.3 Å². The van der Waals surface area contributed by atoms with Crippen molar-refractivity contribution in [2.24, 2.45) is 7.05 Å². The van der Waals surface area contributed by atoms with E-state index in [1.165, 1.54) is 4.90 Å². The largest absolute Gasteiger partial charge is 0.480 e. The Morgan fingerprint density at radius 3 is 2.75 bits per heavy atom. The molecule has 1 aliphatic heterocycles. The van der Waals surface area contributed by atoms with Crippen LogP contribution in [0.2, 0.25) is 0 Å². The number of aliphatic carboxylic acids is 1. The fourth-order valence-electron chi connectivity index (χ4n) is 2.36. The summed E-state index contributed by atoms with van der Waals surface area (Å²) in [5.74, 6) is -0.691. The van der Waals surface area contributed by atoms with Crippen LogP contribution in [0.4, 0.5) is 0 Å². The number of nitrogens with zero attached hydrogens (tertiary/aromatic N) is 2. The molecule has 1 fully saturated rings. The van der Waals surface area contributed by atoms with Gasteiger partial charge in [0.05, 0.1) is 5.37 Å². The second kappa shape index (κ2) is 6.22. The normalized spacial score (nSPS) is 22.2. The van der Waals surface area contributed by atoms with Crippen molar-refractivity contribution < 1.29 is 14.7 Å². The average Bonchev–Trinajstić information content (AvgIpc) is 2.92. The van der Waals surface area contributed by atoms with Gasteiger partial charge in [-0.3, -0.25) is 4.79 Å². The summed E-state index contributed by atoms with van der Waals surface area (Å²) in [4.78, 5) is 25.6. The van der Waals surface area contributed by atoms with Crippen LogP contribution in [0.25, 0.3) is 0 Å². The van der Waals surface area contributed by atoms with Gasteiger partial charge >= 0.3 is 5.97 Å². The Morgan fingerprint density at radius 2 is 2.25 bits per heavy atom. The third-order valence-electron chi connectivity index (χ3n) is 3.34. The summed E-state index contributed by atoms with van der Waals surface area (Å²) in [6, 6.07) is 0.991. The van der Waals surface area contributed by atoms with Crippen molar-refractivity contribution in [2.45, 2.75) is 31.2 Å². The molecule has 1 aromatic heterocycles. The third-order valence-corrected chi connectivity index (χ3v) is 5.13. The van der Waals surface area contributed by atoms with Crippen LogP contribution < -0.4 is 0 Å². The lowest BCUT2D eigenvalue weighted by atomic mass is 10.2. The van der Waals surface area contributed by atoms with Crippen LogP contribution in [0.3, 0.4) is 0 Å². The van der Waals surface area contributed by atoms with Gasteiger partial charge in [-0.25, -0.2) is 4.79 Å². The molecule has 20 heavy (non-hydrogen) atoms. The molecule has 1 N–H and O–H groups in total. The van der Waals surface area contributed by atoms with Crippen molar-refractivity contribution in [3.8, 4) is 0 Å². The number of hydrogen-bond acceptors (Lipinski definition) is 3.